The minimum absolute atomic E-state index is 0.116. The van der Waals surface area contributed by atoms with E-state index in [9.17, 15) is 42.3 Å². The number of carbonyl (C=O) groups excluding carboxylic acids is 5. The van der Waals surface area contributed by atoms with Crippen LogP contribution < -0.4 is 14.5 Å². The fraction of sp³-hybridized carbons (Fsp3) is 0.225. The molecule has 16 heteroatoms. The molecule has 6 atom stereocenters. The van der Waals surface area contributed by atoms with Crippen molar-refractivity contribution in [3.8, 4) is 11.5 Å². The van der Waals surface area contributed by atoms with E-state index in [0.29, 0.717) is 5.56 Å². The van der Waals surface area contributed by atoms with Gasteiger partial charge < -0.3 is 9.84 Å². The Kier molecular flexibility index (Phi) is 8.66. The predicted molar refractivity (Wildman–Crippen MR) is 190 cm³/mol. The molecule has 4 amide bonds. The molecule has 0 unspecified atom stereocenters. The van der Waals surface area contributed by atoms with Crippen LogP contribution in [0.15, 0.2) is 84.4 Å². The lowest BCUT2D eigenvalue weighted by Gasteiger charge is -2.50. The van der Waals surface area contributed by atoms with E-state index in [1.807, 2.05) is 0 Å². The van der Waals surface area contributed by atoms with Gasteiger partial charge in [-0.2, -0.15) is 0 Å². The van der Waals surface area contributed by atoms with E-state index in [2.05, 4.69) is 0 Å². The average Bonchev–Trinajstić information content (AvgIpc) is 3.54. The molecule has 8 rings (SSSR count). The van der Waals surface area contributed by atoms with E-state index >= 15 is 8.78 Å². The molecular weight excluding hydrogens is 786 g/mol. The second kappa shape index (κ2) is 13.0. The summed E-state index contributed by atoms with van der Waals surface area (Å²) in [5.74, 6) is -23.5. The fourth-order valence-electron chi connectivity index (χ4n) is 8.62. The van der Waals surface area contributed by atoms with Gasteiger partial charge in [0.15, 0.2) is 50.3 Å². The number of imide groups is 2. The molecule has 0 aromatic heterocycles. The summed E-state index contributed by atoms with van der Waals surface area (Å²) in [4.78, 5) is 65.4. The normalized spacial score (nSPS) is 26.9. The number of para-hydroxylation sites is 1. The van der Waals surface area contributed by atoms with E-state index in [0.717, 1.165) is 4.90 Å². The van der Waals surface area contributed by atoms with Crippen LogP contribution in [-0.2, 0) is 19.2 Å². The first-order valence-electron chi connectivity index (χ1n) is 17.0. The largest absolute Gasteiger partial charge is 0.504 e. The molecule has 2 aliphatic heterocycles. The van der Waals surface area contributed by atoms with Gasteiger partial charge in [-0.3, -0.25) is 28.9 Å². The van der Waals surface area contributed by atoms with Crippen molar-refractivity contribution in [2.24, 2.45) is 17.8 Å². The Bertz CT molecular complexity index is 2440. The number of benzene rings is 4. The number of halogens is 7. The summed E-state index contributed by atoms with van der Waals surface area (Å²) in [5, 5.41) is 11.4. The van der Waals surface area contributed by atoms with Crippen molar-refractivity contribution in [1.29, 1.82) is 0 Å². The van der Waals surface area contributed by atoms with Gasteiger partial charge in [-0.25, -0.2) is 26.9 Å². The molecule has 1 N–H and O–H groups in total. The van der Waals surface area contributed by atoms with Crippen LogP contribution in [0.3, 0.4) is 0 Å². The number of ether oxygens (including phenoxy) is 1. The SMILES string of the molecule is COc1cccc([C@H]2C3=CC[C@@H]4C(=O)N(c5ccc(C(=O)c6ccccc6)cc5)C(=O)[C@@H]4[C@@H]3C[C@@]3(Cl)C(=O)N(c4c(F)c(F)c(F)c(F)c4F)C(=O)[C@@]23Cl)c1O. The molecule has 56 heavy (non-hydrogen) atoms. The first-order chi connectivity index (χ1) is 26.6. The topological polar surface area (TPSA) is 121 Å². The molecular formula is C40H25Cl2F5N2O7. The highest BCUT2D eigenvalue weighted by atomic mass is 35.5. The number of fused-ring (bicyclic) bond motifs is 4. The predicted octanol–water partition coefficient (Wildman–Crippen LogP) is 7.10. The molecule has 3 fully saturated rings. The minimum Gasteiger partial charge on any atom is -0.504 e. The Morgan fingerprint density at radius 1 is 0.750 bits per heavy atom. The number of amides is 4. The van der Waals surface area contributed by atoms with Gasteiger partial charge in [0.05, 0.1) is 24.6 Å². The monoisotopic (exact) mass is 810 g/mol. The number of phenolic OH excluding ortho intramolecular Hbond substituents is 1. The maximum atomic E-state index is 15.3. The second-order valence-corrected chi connectivity index (χ2v) is 15.1. The lowest BCUT2D eigenvalue weighted by atomic mass is 9.56. The molecule has 9 nitrogen and oxygen atoms in total. The van der Waals surface area contributed by atoms with Gasteiger partial charge in [0.2, 0.25) is 17.6 Å². The van der Waals surface area contributed by atoms with Gasteiger partial charge in [0.25, 0.3) is 11.8 Å². The van der Waals surface area contributed by atoms with E-state index in [4.69, 9.17) is 27.9 Å². The number of hydrogen-bond acceptors (Lipinski definition) is 7. The van der Waals surface area contributed by atoms with E-state index in [-0.39, 0.29) is 45.2 Å². The third kappa shape index (κ3) is 4.87. The summed E-state index contributed by atoms with van der Waals surface area (Å²) < 4.78 is 79.0. The number of phenols is 1. The van der Waals surface area contributed by atoms with E-state index in [1.54, 1.807) is 30.3 Å². The molecule has 4 aliphatic rings. The van der Waals surface area contributed by atoms with E-state index < -0.39 is 104 Å². The Balaban J connectivity index is 1.25. The van der Waals surface area contributed by atoms with Gasteiger partial charge >= 0.3 is 0 Å². The molecule has 0 bridgehead atoms. The maximum Gasteiger partial charge on any atom is 0.258 e. The highest BCUT2D eigenvalue weighted by Gasteiger charge is 2.77. The van der Waals surface area contributed by atoms with Crippen LogP contribution in [-0.4, -0.2) is 51.4 Å². The van der Waals surface area contributed by atoms with Crippen LogP contribution in [0.2, 0.25) is 0 Å². The second-order valence-electron chi connectivity index (χ2n) is 13.8. The number of hydrogen-bond donors (Lipinski definition) is 1. The number of alkyl halides is 2. The van der Waals surface area contributed by atoms with Crippen molar-refractivity contribution < 1.29 is 55.8 Å². The van der Waals surface area contributed by atoms with Gasteiger partial charge in [0.1, 0.15) is 5.69 Å². The zero-order valence-corrected chi connectivity index (χ0v) is 30.2. The van der Waals surface area contributed by atoms with Crippen LogP contribution in [0, 0.1) is 46.8 Å². The standard InChI is InChI=1S/C40H25Cl2F5N2O7/c1-56-24-9-5-8-22(34(24)51)26-20-14-15-21-25(36(53)48(35(21)52)19-12-10-18(11-13-19)33(50)17-6-3-2-4-7-17)23(20)16-39(41)37(54)49(38(55)40(26,39)42)32-30(46)28(44)27(43)29(45)31(32)47/h2-14,21,23,25-26,51H,15-16H2,1H3/t21-,23+,25-,26+,39+,40-/m0/s1. The number of rotatable bonds is 6. The van der Waals surface area contributed by atoms with Crippen molar-refractivity contribution in [1.82, 2.24) is 0 Å². The van der Waals surface area contributed by atoms with Crippen molar-refractivity contribution in [3.63, 3.8) is 0 Å². The van der Waals surface area contributed by atoms with Crippen molar-refractivity contribution >= 4 is 64.0 Å². The quantitative estimate of drug-likeness (QED) is 0.0420. The summed E-state index contributed by atoms with van der Waals surface area (Å²) in [7, 11) is 1.21. The third-order valence-electron chi connectivity index (χ3n) is 11.2. The van der Waals surface area contributed by atoms with Crippen LogP contribution in [0.1, 0.15) is 40.2 Å². The molecule has 4 aromatic rings. The number of nitrogens with zero attached hydrogens (tertiary/aromatic N) is 2. The van der Waals surface area contributed by atoms with Gasteiger partial charge in [-0.15, -0.1) is 23.2 Å². The zero-order chi connectivity index (χ0) is 40.2. The third-order valence-corrected chi connectivity index (χ3v) is 12.6. The molecule has 286 valence electrons. The first kappa shape index (κ1) is 37.3. The number of carbonyl (C=O) groups is 5. The molecule has 1 saturated carbocycles. The number of anilines is 2. The molecule has 0 spiro atoms. The van der Waals surface area contributed by atoms with E-state index in [1.165, 1.54) is 55.7 Å². The zero-order valence-electron chi connectivity index (χ0n) is 28.7. The van der Waals surface area contributed by atoms with Gasteiger partial charge in [-0.1, -0.05) is 54.1 Å². The molecule has 2 saturated heterocycles. The number of methoxy groups -OCH3 is 1. The molecule has 0 radical (unpaired) electrons. The minimum atomic E-state index is -2.82. The Labute approximate surface area is 323 Å². The lowest BCUT2D eigenvalue weighted by Crippen LogP contribution is -2.60. The van der Waals surface area contributed by atoms with Crippen LogP contribution >= 0.6 is 23.2 Å². The van der Waals surface area contributed by atoms with Crippen molar-refractivity contribution in [2.75, 3.05) is 16.9 Å². The number of ketones is 1. The molecule has 4 aromatic carbocycles. The number of allylic oxidation sites excluding steroid dienone is 2. The smallest absolute Gasteiger partial charge is 0.258 e. The molecule has 2 aliphatic carbocycles. The van der Waals surface area contributed by atoms with Crippen LogP contribution in [0.5, 0.6) is 11.5 Å². The highest BCUT2D eigenvalue weighted by molar-refractivity contribution is 6.58. The average molecular weight is 812 g/mol. The molecule has 2 heterocycles. The summed E-state index contributed by atoms with van der Waals surface area (Å²) in [5.41, 5.74) is -1.15. The fourth-order valence-corrected chi connectivity index (χ4v) is 9.55. The van der Waals surface area contributed by atoms with Gasteiger partial charge in [-0.05, 0) is 49.1 Å². The number of aromatic hydroxyl groups is 1. The first-order valence-corrected chi connectivity index (χ1v) is 17.8. The lowest BCUT2D eigenvalue weighted by molar-refractivity contribution is -0.125. The maximum absolute atomic E-state index is 15.3. The summed E-state index contributed by atoms with van der Waals surface area (Å²) in [6.07, 6.45) is 0.667. The summed E-state index contributed by atoms with van der Waals surface area (Å²) in [6.45, 7) is 0. The van der Waals surface area contributed by atoms with Crippen molar-refractivity contribution in [2.45, 2.75) is 28.5 Å². The highest BCUT2D eigenvalue weighted by Crippen LogP contribution is 2.67. The Hall–Kier alpha value is -5.60. The summed E-state index contributed by atoms with van der Waals surface area (Å²) >= 11 is 14.3. The van der Waals surface area contributed by atoms with Crippen LogP contribution in [0.4, 0.5) is 33.3 Å². The van der Waals surface area contributed by atoms with Crippen LogP contribution in [0.25, 0.3) is 0 Å². The van der Waals surface area contributed by atoms with Gasteiger partial charge in [0, 0.05) is 22.6 Å². The van der Waals surface area contributed by atoms with Crippen molar-refractivity contribution in [3.05, 3.63) is 130 Å². The Morgan fingerprint density at radius 3 is 1.98 bits per heavy atom. The summed E-state index contributed by atoms with van der Waals surface area (Å²) in [6, 6.07) is 18.2. The Morgan fingerprint density at radius 2 is 1.36 bits per heavy atom.